The number of nitrogens with zero attached hydrogens (tertiary/aromatic N) is 4. The quantitative estimate of drug-likeness (QED) is 0.464. The van der Waals surface area contributed by atoms with Gasteiger partial charge in [0.15, 0.2) is 5.65 Å². The summed E-state index contributed by atoms with van der Waals surface area (Å²) in [6.07, 6.45) is 9.46. The molecule has 146 valence electrons. The third-order valence-electron chi connectivity index (χ3n) is 4.27. The second-order valence-corrected chi connectivity index (χ2v) is 6.42. The maximum atomic E-state index is 11.5. The molecule has 4 rings (SSSR count). The number of benzene rings is 1. The third kappa shape index (κ3) is 4.01. The normalized spacial score (nSPS) is 10.8. The van der Waals surface area contributed by atoms with Gasteiger partial charge in [-0.3, -0.25) is 9.48 Å². The van der Waals surface area contributed by atoms with Crippen LogP contribution < -0.4 is 10.1 Å². The Morgan fingerprint density at radius 3 is 3.10 bits per heavy atom. The van der Waals surface area contributed by atoms with Crippen molar-refractivity contribution in [1.29, 1.82) is 0 Å². The van der Waals surface area contributed by atoms with E-state index >= 15 is 0 Å². The first-order valence-corrected chi connectivity index (χ1v) is 9.24. The fourth-order valence-corrected chi connectivity index (χ4v) is 2.95. The van der Waals surface area contributed by atoms with Crippen molar-refractivity contribution < 1.29 is 9.53 Å². The van der Waals surface area contributed by atoms with Crippen molar-refractivity contribution in [2.24, 2.45) is 0 Å². The van der Waals surface area contributed by atoms with E-state index in [2.05, 4.69) is 38.9 Å². The van der Waals surface area contributed by atoms with Crippen molar-refractivity contribution in [3.63, 3.8) is 0 Å². The molecule has 1 amide bonds. The number of amides is 1. The number of carbonyl (C=O) groups is 1. The first kappa shape index (κ1) is 18.4. The molecule has 0 saturated heterocycles. The summed E-state index contributed by atoms with van der Waals surface area (Å²) in [6.45, 7) is 6.42. The van der Waals surface area contributed by atoms with Crippen molar-refractivity contribution >= 4 is 22.8 Å². The van der Waals surface area contributed by atoms with Crippen LogP contribution in [0.1, 0.15) is 13.3 Å². The maximum absolute atomic E-state index is 11.5. The molecule has 1 aromatic carbocycles. The highest BCUT2D eigenvalue weighted by Crippen LogP contribution is 2.29. The molecule has 0 aliphatic rings. The standard InChI is InChI=1S/C21H20N6O2/c1-3-8-27-13-14(10-24-27)17-11-22-21-20(17)26-19(12-23-21)29-16-7-5-6-15(9-16)25-18(28)4-2/h4-7,9-13H,2-3,8H2,1H3,(H,22,23)(H,25,28). The monoisotopic (exact) mass is 388 g/mol. The maximum Gasteiger partial charge on any atom is 0.247 e. The van der Waals surface area contributed by atoms with Crippen LogP contribution in [-0.2, 0) is 11.3 Å². The van der Waals surface area contributed by atoms with Crippen LogP contribution in [0.25, 0.3) is 22.3 Å². The highest BCUT2D eigenvalue weighted by molar-refractivity contribution is 5.99. The van der Waals surface area contributed by atoms with Crippen LogP contribution in [0.15, 0.2) is 61.7 Å². The molecule has 2 N–H and O–H groups in total. The Kier molecular flexibility index (Phi) is 5.07. The van der Waals surface area contributed by atoms with Crippen LogP contribution in [-0.4, -0.2) is 30.6 Å². The minimum atomic E-state index is -0.288. The van der Waals surface area contributed by atoms with E-state index < -0.39 is 0 Å². The number of ether oxygens (including phenoxy) is 1. The lowest BCUT2D eigenvalue weighted by Gasteiger charge is -2.07. The minimum absolute atomic E-state index is 0.288. The number of aromatic nitrogens is 5. The molecule has 3 aromatic heterocycles. The summed E-state index contributed by atoms with van der Waals surface area (Å²) in [6, 6.07) is 7.04. The van der Waals surface area contributed by atoms with Gasteiger partial charge in [0.1, 0.15) is 11.3 Å². The summed E-state index contributed by atoms with van der Waals surface area (Å²) in [4.78, 5) is 23.6. The van der Waals surface area contributed by atoms with Gasteiger partial charge in [0, 0.05) is 41.8 Å². The van der Waals surface area contributed by atoms with Crippen molar-refractivity contribution in [1.82, 2.24) is 24.7 Å². The average molecular weight is 388 g/mol. The number of hydrogen-bond donors (Lipinski definition) is 2. The van der Waals surface area contributed by atoms with E-state index in [4.69, 9.17) is 4.74 Å². The molecule has 0 saturated carbocycles. The summed E-state index contributed by atoms with van der Waals surface area (Å²) >= 11 is 0. The second kappa shape index (κ2) is 7.97. The Labute approximate surface area is 167 Å². The van der Waals surface area contributed by atoms with Gasteiger partial charge in [0.25, 0.3) is 0 Å². The van der Waals surface area contributed by atoms with Crippen molar-refractivity contribution in [2.75, 3.05) is 5.32 Å². The van der Waals surface area contributed by atoms with E-state index in [1.165, 1.54) is 6.08 Å². The van der Waals surface area contributed by atoms with Gasteiger partial charge >= 0.3 is 0 Å². The SMILES string of the molecule is C=CC(=O)Nc1cccc(Oc2cnc3[nH]cc(-c4cnn(CCC)c4)c3n2)c1. The molecule has 29 heavy (non-hydrogen) atoms. The van der Waals surface area contributed by atoms with Crippen LogP contribution in [0.3, 0.4) is 0 Å². The van der Waals surface area contributed by atoms with Crippen LogP contribution in [0, 0.1) is 0 Å². The summed E-state index contributed by atoms with van der Waals surface area (Å²) in [5.74, 6) is 0.601. The minimum Gasteiger partial charge on any atom is -0.437 e. The zero-order valence-corrected chi connectivity index (χ0v) is 15.9. The van der Waals surface area contributed by atoms with E-state index in [1.54, 1.807) is 30.5 Å². The fraction of sp³-hybridized carbons (Fsp3) is 0.143. The van der Waals surface area contributed by atoms with E-state index in [9.17, 15) is 4.79 Å². The number of carbonyl (C=O) groups excluding carboxylic acids is 1. The van der Waals surface area contributed by atoms with Gasteiger partial charge < -0.3 is 15.0 Å². The largest absolute Gasteiger partial charge is 0.437 e. The van der Waals surface area contributed by atoms with Gasteiger partial charge in [0.05, 0.1) is 12.4 Å². The molecule has 8 nitrogen and oxygen atoms in total. The molecule has 0 fully saturated rings. The zero-order chi connectivity index (χ0) is 20.2. The Balaban J connectivity index is 1.61. The molecule has 0 radical (unpaired) electrons. The predicted molar refractivity (Wildman–Crippen MR) is 111 cm³/mol. The lowest BCUT2D eigenvalue weighted by Crippen LogP contribution is -2.07. The number of hydrogen-bond acceptors (Lipinski definition) is 5. The molecule has 3 heterocycles. The van der Waals surface area contributed by atoms with E-state index in [0.29, 0.717) is 28.5 Å². The highest BCUT2D eigenvalue weighted by Gasteiger charge is 2.12. The molecule has 4 aromatic rings. The molecule has 0 atom stereocenters. The van der Waals surface area contributed by atoms with Crippen molar-refractivity contribution in [2.45, 2.75) is 19.9 Å². The summed E-state index contributed by atoms with van der Waals surface area (Å²) < 4.78 is 7.77. The summed E-state index contributed by atoms with van der Waals surface area (Å²) in [5.41, 5.74) is 3.85. The Morgan fingerprint density at radius 2 is 2.28 bits per heavy atom. The van der Waals surface area contributed by atoms with E-state index in [1.807, 2.05) is 23.3 Å². The predicted octanol–water partition coefficient (Wildman–Crippen LogP) is 4.15. The molecule has 0 unspecified atom stereocenters. The number of nitrogens with one attached hydrogen (secondary N) is 2. The van der Waals surface area contributed by atoms with Gasteiger partial charge in [-0.25, -0.2) is 9.97 Å². The van der Waals surface area contributed by atoms with Gasteiger partial charge in [-0.05, 0) is 24.6 Å². The topological polar surface area (TPSA) is 97.7 Å². The number of fused-ring (bicyclic) bond motifs is 1. The fourth-order valence-electron chi connectivity index (χ4n) is 2.95. The zero-order valence-electron chi connectivity index (χ0n) is 15.9. The first-order valence-electron chi connectivity index (χ1n) is 9.24. The molecule has 0 aliphatic heterocycles. The number of H-pyrrole nitrogens is 1. The Bertz CT molecular complexity index is 1180. The van der Waals surface area contributed by atoms with Gasteiger partial charge in [-0.2, -0.15) is 5.10 Å². The molecule has 8 heteroatoms. The van der Waals surface area contributed by atoms with Crippen LogP contribution >= 0.6 is 0 Å². The third-order valence-corrected chi connectivity index (χ3v) is 4.27. The van der Waals surface area contributed by atoms with Crippen molar-refractivity contribution in [3.05, 3.63) is 61.7 Å². The van der Waals surface area contributed by atoms with Crippen LogP contribution in [0.2, 0.25) is 0 Å². The van der Waals surface area contributed by atoms with Crippen molar-refractivity contribution in [3.8, 4) is 22.8 Å². The highest BCUT2D eigenvalue weighted by atomic mass is 16.5. The lowest BCUT2D eigenvalue weighted by atomic mass is 10.2. The van der Waals surface area contributed by atoms with E-state index in [-0.39, 0.29) is 5.91 Å². The summed E-state index contributed by atoms with van der Waals surface area (Å²) in [7, 11) is 0. The Morgan fingerprint density at radius 1 is 1.38 bits per heavy atom. The molecular formula is C21H20N6O2. The lowest BCUT2D eigenvalue weighted by molar-refractivity contribution is -0.111. The summed E-state index contributed by atoms with van der Waals surface area (Å²) in [5, 5.41) is 7.08. The van der Waals surface area contributed by atoms with Gasteiger partial charge in [0.2, 0.25) is 11.8 Å². The molecule has 0 bridgehead atoms. The number of rotatable bonds is 7. The smallest absolute Gasteiger partial charge is 0.247 e. The second-order valence-electron chi connectivity index (χ2n) is 6.42. The average Bonchev–Trinajstić information content (AvgIpc) is 3.35. The van der Waals surface area contributed by atoms with Gasteiger partial charge in [-0.15, -0.1) is 0 Å². The first-order chi connectivity index (χ1) is 14.2. The number of aryl methyl sites for hydroxylation is 1. The Hall–Kier alpha value is -3.94. The van der Waals surface area contributed by atoms with Crippen LogP contribution in [0.4, 0.5) is 5.69 Å². The molecule has 0 spiro atoms. The molecular weight excluding hydrogens is 368 g/mol. The number of anilines is 1. The van der Waals surface area contributed by atoms with Crippen LogP contribution in [0.5, 0.6) is 11.6 Å². The molecule has 0 aliphatic carbocycles. The number of aromatic amines is 1. The van der Waals surface area contributed by atoms with Gasteiger partial charge in [-0.1, -0.05) is 19.6 Å². The van der Waals surface area contributed by atoms with E-state index in [0.717, 1.165) is 24.1 Å².